The molecule has 0 bridgehead atoms. The molecule has 0 unspecified atom stereocenters. The fourth-order valence-corrected chi connectivity index (χ4v) is 8.95. The van der Waals surface area contributed by atoms with Crippen LogP contribution in [0, 0.1) is 0 Å². The number of rotatable bonds is 9. The third-order valence-corrected chi connectivity index (χ3v) is 11.4. The number of ether oxygens (including phenoxy) is 3. The Morgan fingerprint density at radius 3 is 2.18 bits per heavy atom. The van der Waals surface area contributed by atoms with Gasteiger partial charge < -0.3 is 19.1 Å². The fourth-order valence-electron chi connectivity index (χ4n) is 7.05. The standard InChI is InChI=1S/C35H31BrF3N3O8S/c1-4-49-31(44)27-28(32(45)50-5-2)40-33-34(24-8-6-7-9-25(24)41(29(27)34)19-20-10-14-22(36)15-11-20)18-26(30(43)48-3)42(33)51(46,47)23-16-12-21(13-17-23)35(37,38)39/h6-17,26,29H,4-5,18-19H2,1-3H3/t26-,29-,34-/m0/s1. The number of amidine groups is 1. The number of carbonyl (C=O) groups excluding carboxylic acids is 3. The van der Waals surface area contributed by atoms with Crippen molar-refractivity contribution in [2.24, 2.45) is 4.99 Å². The van der Waals surface area contributed by atoms with E-state index in [1.165, 1.54) is 6.92 Å². The van der Waals surface area contributed by atoms with Gasteiger partial charge in [-0.3, -0.25) is 0 Å². The molecule has 0 saturated carbocycles. The lowest BCUT2D eigenvalue weighted by Gasteiger charge is -2.40. The molecule has 1 saturated heterocycles. The van der Waals surface area contributed by atoms with Gasteiger partial charge in [-0.05, 0) is 73.9 Å². The van der Waals surface area contributed by atoms with Gasteiger partial charge >= 0.3 is 24.1 Å². The number of methoxy groups -OCH3 is 1. The van der Waals surface area contributed by atoms with E-state index in [1.54, 1.807) is 31.2 Å². The Hall–Kier alpha value is -4.70. The molecule has 3 aliphatic heterocycles. The maximum absolute atomic E-state index is 14.6. The Kier molecular flexibility index (Phi) is 9.52. The molecule has 1 fully saturated rings. The average Bonchev–Trinajstić information content (AvgIpc) is 3.60. The van der Waals surface area contributed by atoms with Crippen LogP contribution in [-0.4, -0.2) is 68.9 Å². The third kappa shape index (κ3) is 5.97. The van der Waals surface area contributed by atoms with Crippen molar-refractivity contribution < 1.29 is 50.2 Å². The van der Waals surface area contributed by atoms with Crippen LogP contribution in [0.15, 0.2) is 98.4 Å². The maximum Gasteiger partial charge on any atom is 0.416 e. The molecule has 3 aromatic carbocycles. The summed E-state index contributed by atoms with van der Waals surface area (Å²) in [5.41, 5.74) is -1.58. The van der Waals surface area contributed by atoms with Gasteiger partial charge in [0.15, 0.2) is 5.70 Å². The number of hydrogen-bond acceptors (Lipinski definition) is 10. The summed E-state index contributed by atoms with van der Waals surface area (Å²) in [6.45, 7) is 3.07. The number of sulfonamides is 1. The minimum atomic E-state index is -4.89. The summed E-state index contributed by atoms with van der Waals surface area (Å²) in [5.74, 6) is -3.24. The Morgan fingerprint density at radius 1 is 0.941 bits per heavy atom. The minimum absolute atomic E-state index is 0.0758. The van der Waals surface area contributed by atoms with Crippen LogP contribution in [0.2, 0.25) is 0 Å². The Balaban J connectivity index is 1.67. The molecule has 3 aliphatic rings. The monoisotopic (exact) mass is 789 g/mol. The summed E-state index contributed by atoms with van der Waals surface area (Å²) in [6.07, 6.45) is -5.06. The number of hydrogen-bond donors (Lipinski definition) is 0. The van der Waals surface area contributed by atoms with Gasteiger partial charge in [-0.15, -0.1) is 0 Å². The summed E-state index contributed by atoms with van der Waals surface area (Å²) in [5, 5.41) is 0. The number of halogens is 4. The third-order valence-electron chi connectivity index (χ3n) is 9.07. The molecule has 0 N–H and O–H groups in total. The first-order valence-electron chi connectivity index (χ1n) is 15.8. The highest BCUT2D eigenvalue weighted by Crippen LogP contribution is 2.59. The van der Waals surface area contributed by atoms with E-state index >= 15 is 0 Å². The van der Waals surface area contributed by atoms with E-state index in [2.05, 4.69) is 20.9 Å². The first kappa shape index (κ1) is 36.1. The number of esters is 3. The number of aliphatic imine (C=N–C) groups is 1. The molecule has 0 aromatic heterocycles. The largest absolute Gasteiger partial charge is 0.467 e. The summed E-state index contributed by atoms with van der Waals surface area (Å²) in [4.78, 5) is 47.2. The van der Waals surface area contributed by atoms with Gasteiger partial charge in [0.2, 0.25) is 0 Å². The second-order valence-corrected chi connectivity index (χ2v) is 14.6. The molecule has 1 spiro atoms. The first-order chi connectivity index (χ1) is 24.2. The Labute approximate surface area is 299 Å². The number of carbonyl (C=O) groups is 3. The minimum Gasteiger partial charge on any atom is -0.467 e. The van der Waals surface area contributed by atoms with Crippen molar-refractivity contribution in [1.82, 2.24) is 4.31 Å². The average molecular weight is 791 g/mol. The van der Waals surface area contributed by atoms with Crippen LogP contribution in [0.1, 0.15) is 37.0 Å². The van der Waals surface area contributed by atoms with Crippen LogP contribution in [0.4, 0.5) is 18.9 Å². The fraction of sp³-hybridized carbons (Fsp3) is 0.314. The number of para-hydroxylation sites is 1. The van der Waals surface area contributed by atoms with Crippen LogP contribution in [0.3, 0.4) is 0 Å². The normalized spacial score (nSPS) is 21.0. The molecule has 11 nitrogen and oxygen atoms in total. The zero-order valence-corrected chi connectivity index (χ0v) is 29.8. The van der Waals surface area contributed by atoms with E-state index in [4.69, 9.17) is 14.2 Å². The quantitative estimate of drug-likeness (QED) is 0.203. The highest BCUT2D eigenvalue weighted by molar-refractivity contribution is 9.10. The number of fused-ring (bicyclic) bond motifs is 1. The molecular formula is C35H31BrF3N3O8S. The second kappa shape index (κ2) is 13.5. The van der Waals surface area contributed by atoms with Crippen molar-refractivity contribution >= 4 is 55.4 Å². The summed E-state index contributed by atoms with van der Waals surface area (Å²) in [6, 6.07) is 14.3. The van der Waals surface area contributed by atoms with E-state index in [-0.39, 0.29) is 37.6 Å². The van der Waals surface area contributed by atoms with Gasteiger partial charge in [-0.2, -0.15) is 13.2 Å². The molecule has 0 aliphatic carbocycles. The van der Waals surface area contributed by atoms with Crippen molar-refractivity contribution in [3.63, 3.8) is 0 Å². The molecule has 51 heavy (non-hydrogen) atoms. The molecule has 0 radical (unpaired) electrons. The Bertz CT molecular complexity index is 2070. The van der Waals surface area contributed by atoms with Crippen molar-refractivity contribution in [3.05, 3.63) is 105 Å². The number of nitrogens with zero attached hydrogens (tertiary/aromatic N) is 3. The molecule has 3 aromatic rings. The number of benzene rings is 3. The summed E-state index contributed by atoms with van der Waals surface area (Å²) >= 11 is 3.43. The Morgan fingerprint density at radius 2 is 1.57 bits per heavy atom. The lowest BCUT2D eigenvalue weighted by Crippen LogP contribution is -2.55. The van der Waals surface area contributed by atoms with E-state index in [1.807, 2.05) is 29.2 Å². The van der Waals surface area contributed by atoms with E-state index in [9.17, 15) is 36.0 Å². The van der Waals surface area contributed by atoms with Crippen LogP contribution in [0.5, 0.6) is 0 Å². The van der Waals surface area contributed by atoms with E-state index in [0.717, 1.165) is 29.3 Å². The van der Waals surface area contributed by atoms with Crippen LogP contribution in [0.25, 0.3) is 0 Å². The summed E-state index contributed by atoms with van der Waals surface area (Å²) in [7, 11) is -3.82. The molecule has 6 rings (SSSR count). The van der Waals surface area contributed by atoms with Crippen molar-refractivity contribution in [3.8, 4) is 0 Å². The predicted octanol–water partition coefficient (Wildman–Crippen LogP) is 5.52. The zero-order chi connectivity index (χ0) is 36.9. The molecular weight excluding hydrogens is 759 g/mol. The molecule has 268 valence electrons. The number of anilines is 1. The second-order valence-electron chi connectivity index (χ2n) is 11.9. The van der Waals surface area contributed by atoms with Crippen LogP contribution in [-0.2, 0) is 56.8 Å². The van der Waals surface area contributed by atoms with Gasteiger partial charge in [-0.25, -0.2) is 32.1 Å². The van der Waals surface area contributed by atoms with Gasteiger partial charge in [0, 0.05) is 16.7 Å². The van der Waals surface area contributed by atoms with Gasteiger partial charge in [0.25, 0.3) is 10.0 Å². The van der Waals surface area contributed by atoms with Crippen molar-refractivity contribution in [1.29, 1.82) is 0 Å². The topological polar surface area (TPSA) is 132 Å². The van der Waals surface area contributed by atoms with Gasteiger partial charge in [0.05, 0.1) is 47.8 Å². The predicted molar refractivity (Wildman–Crippen MR) is 181 cm³/mol. The zero-order valence-electron chi connectivity index (χ0n) is 27.4. The van der Waals surface area contributed by atoms with E-state index < -0.39 is 67.8 Å². The highest BCUT2D eigenvalue weighted by atomic mass is 79.9. The molecule has 16 heteroatoms. The van der Waals surface area contributed by atoms with Gasteiger partial charge in [0.1, 0.15) is 11.9 Å². The first-order valence-corrected chi connectivity index (χ1v) is 18.0. The lowest BCUT2D eigenvalue weighted by atomic mass is 9.69. The molecule has 3 atom stereocenters. The van der Waals surface area contributed by atoms with Crippen molar-refractivity contribution in [2.75, 3.05) is 25.2 Å². The van der Waals surface area contributed by atoms with Crippen molar-refractivity contribution in [2.45, 2.75) is 55.4 Å². The molecule has 3 heterocycles. The maximum atomic E-state index is 14.6. The van der Waals surface area contributed by atoms with E-state index in [0.29, 0.717) is 27.7 Å². The van der Waals surface area contributed by atoms with Crippen LogP contribution < -0.4 is 4.90 Å². The smallest absolute Gasteiger partial charge is 0.416 e. The van der Waals surface area contributed by atoms with Gasteiger partial charge in [-0.1, -0.05) is 46.3 Å². The number of alkyl halides is 3. The lowest BCUT2D eigenvalue weighted by molar-refractivity contribution is -0.144. The highest BCUT2D eigenvalue weighted by Gasteiger charge is 2.69. The van der Waals surface area contributed by atoms with Crippen LogP contribution >= 0.6 is 15.9 Å². The summed E-state index contributed by atoms with van der Waals surface area (Å²) < 4.78 is 87.0. The SMILES string of the molecule is CCOC(=O)C1=C(C(=O)OCC)[C@@H]2N(Cc3ccc(Br)cc3)c3ccccc3[C@@]23C[C@@H](C(=O)OC)N(S(=O)(=O)c2ccc(C(F)(F)F)cc2)C3=N1. The molecule has 0 amide bonds.